The number of carbonyl (C=O) groups is 1. The molecule has 0 unspecified atom stereocenters. The summed E-state index contributed by atoms with van der Waals surface area (Å²) in [5.74, 6) is 1.08. The Morgan fingerprint density at radius 2 is 1.75 bits per heavy atom. The van der Waals surface area contributed by atoms with Crippen LogP contribution in [-0.4, -0.2) is 12.5 Å². The van der Waals surface area contributed by atoms with Crippen molar-refractivity contribution >= 4 is 27.5 Å². The molecule has 24 heavy (non-hydrogen) atoms. The van der Waals surface area contributed by atoms with Gasteiger partial charge in [0.1, 0.15) is 5.75 Å². The number of ether oxygens (including phenoxy) is 1. The van der Waals surface area contributed by atoms with Gasteiger partial charge in [-0.3, -0.25) is 4.79 Å². The molecular formula is C20H24BrNO2. The zero-order valence-electron chi connectivity index (χ0n) is 14.7. The first-order valence-corrected chi connectivity index (χ1v) is 8.99. The van der Waals surface area contributed by atoms with Crippen LogP contribution in [0.5, 0.6) is 5.75 Å². The van der Waals surface area contributed by atoms with Gasteiger partial charge in [-0.2, -0.15) is 0 Å². The molecule has 0 bridgehead atoms. The first-order chi connectivity index (χ1) is 11.4. The molecule has 0 spiro atoms. The van der Waals surface area contributed by atoms with Crippen molar-refractivity contribution in [3.05, 3.63) is 57.6 Å². The van der Waals surface area contributed by atoms with Crippen LogP contribution in [-0.2, 0) is 4.79 Å². The summed E-state index contributed by atoms with van der Waals surface area (Å²) in [4.78, 5) is 12.1. The number of nitrogens with one attached hydrogen (secondary N) is 1. The predicted octanol–water partition coefficient (Wildman–Crippen LogP) is 5.60. The number of amides is 1. The van der Waals surface area contributed by atoms with Crippen molar-refractivity contribution in [1.29, 1.82) is 0 Å². The zero-order chi connectivity index (χ0) is 17.7. The highest BCUT2D eigenvalue weighted by Crippen LogP contribution is 2.25. The summed E-state index contributed by atoms with van der Waals surface area (Å²) >= 11 is 3.46. The van der Waals surface area contributed by atoms with Crippen LogP contribution >= 0.6 is 15.9 Å². The van der Waals surface area contributed by atoms with E-state index in [-0.39, 0.29) is 12.5 Å². The summed E-state index contributed by atoms with van der Waals surface area (Å²) in [5, 5.41) is 2.93. The summed E-state index contributed by atoms with van der Waals surface area (Å²) in [6.07, 6.45) is 1.11. The maximum absolute atomic E-state index is 12.1. The molecule has 1 atom stereocenters. The van der Waals surface area contributed by atoms with Gasteiger partial charge in [0.25, 0.3) is 5.91 Å². The Labute approximate surface area is 152 Å². The Balaban J connectivity index is 1.94. The van der Waals surface area contributed by atoms with Crippen molar-refractivity contribution in [1.82, 2.24) is 0 Å². The minimum absolute atomic E-state index is 0.00236. The Morgan fingerprint density at radius 1 is 1.17 bits per heavy atom. The molecule has 3 nitrogen and oxygen atoms in total. The van der Waals surface area contributed by atoms with Crippen molar-refractivity contribution in [2.45, 2.75) is 40.0 Å². The molecule has 0 aliphatic carbocycles. The molecule has 0 saturated heterocycles. The van der Waals surface area contributed by atoms with E-state index < -0.39 is 0 Å². The Bertz CT molecular complexity index is 687. The molecule has 0 aliphatic heterocycles. The van der Waals surface area contributed by atoms with Crippen molar-refractivity contribution in [3.8, 4) is 5.75 Å². The fourth-order valence-corrected chi connectivity index (χ4v) is 3.25. The number of hydrogen-bond acceptors (Lipinski definition) is 2. The molecule has 0 aliphatic rings. The molecule has 0 fully saturated rings. The monoisotopic (exact) mass is 389 g/mol. The van der Waals surface area contributed by atoms with E-state index in [4.69, 9.17) is 4.74 Å². The van der Waals surface area contributed by atoms with Gasteiger partial charge in [0.2, 0.25) is 0 Å². The molecule has 0 aromatic heterocycles. The van der Waals surface area contributed by atoms with Crippen LogP contribution < -0.4 is 10.1 Å². The topological polar surface area (TPSA) is 38.3 Å². The van der Waals surface area contributed by atoms with Gasteiger partial charge in [-0.1, -0.05) is 41.9 Å². The average Bonchev–Trinajstić information content (AvgIpc) is 2.56. The summed E-state index contributed by atoms with van der Waals surface area (Å²) in [5.41, 5.74) is 4.18. The molecular weight excluding hydrogens is 366 g/mol. The van der Waals surface area contributed by atoms with Gasteiger partial charge in [0.15, 0.2) is 6.61 Å². The quantitative estimate of drug-likeness (QED) is 0.698. The van der Waals surface area contributed by atoms with Gasteiger partial charge in [0.05, 0.1) is 0 Å². The zero-order valence-corrected chi connectivity index (χ0v) is 16.2. The van der Waals surface area contributed by atoms with Crippen molar-refractivity contribution < 1.29 is 9.53 Å². The smallest absolute Gasteiger partial charge is 0.262 e. The first kappa shape index (κ1) is 18.5. The SMILES string of the molecule is CC[C@@H](C)c1ccc(OCC(=O)Nc2c(C)cc(Br)cc2C)cc1. The van der Waals surface area contributed by atoms with Gasteiger partial charge in [-0.25, -0.2) is 0 Å². The molecule has 4 heteroatoms. The normalized spacial score (nSPS) is 11.9. The molecule has 1 N–H and O–H groups in total. The van der Waals surface area contributed by atoms with E-state index in [0.717, 1.165) is 27.7 Å². The minimum atomic E-state index is -0.158. The second-order valence-corrected chi connectivity index (χ2v) is 7.05. The summed E-state index contributed by atoms with van der Waals surface area (Å²) in [7, 11) is 0. The van der Waals surface area contributed by atoms with E-state index in [9.17, 15) is 4.79 Å². The lowest BCUT2D eigenvalue weighted by molar-refractivity contribution is -0.118. The number of aryl methyl sites for hydroxylation is 2. The molecule has 2 aromatic carbocycles. The van der Waals surface area contributed by atoms with Crippen molar-refractivity contribution in [3.63, 3.8) is 0 Å². The molecule has 2 rings (SSSR count). The summed E-state index contributed by atoms with van der Waals surface area (Å²) in [6, 6.07) is 11.9. The number of anilines is 1. The van der Waals surface area contributed by atoms with E-state index in [2.05, 4.69) is 47.2 Å². The predicted molar refractivity (Wildman–Crippen MR) is 103 cm³/mol. The van der Waals surface area contributed by atoms with Crippen LogP contribution in [0.1, 0.15) is 42.9 Å². The number of carbonyl (C=O) groups excluding carboxylic acids is 1. The molecule has 0 radical (unpaired) electrons. The fraction of sp³-hybridized carbons (Fsp3) is 0.350. The maximum Gasteiger partial charge on any atom is 0.262 e. The number of rotatable bonds is 6. The van der Waals surface area contributed by atoms with E-state index in [1.54, 1.807) is 0 Å². The number of halogens is 1. The van der Waals surface area contributed by atoms with Gasteiger partial charge >= 0.3 is 0 Å². The maximum atomic E-state index is 12.1. The van der Waals surface area contributed by atoms with Crippen LogP contribution in [0, 0.1) is 13.8 Å². The van der Waals surface area contributed by atoms with Crippen molar-refractivity contribution in [2.24, 2.45) is 0 Å². The van der Waals surface area contributed by atoms with Gasteiger partial charge < -0.3 is 10.1 Å². The van der Waals surface area contributed by atoms with E-state index in [1.807, 2.05) is 38.1 Å². The highest BCUT2D eigenvalue weighted by molar-refractivity contribution is 9.10. The highest BCUT2D eigenvalue weighted by atomic mass is 79.9. The molecule has 2 aromatic rings. The van der Waals surface area contributed by atoms with E-state index in [1.165, 1.54) is 5.56 Å². The van der Waals surface area contributed by atoms with Crippen LogP contribution in [0.4, 0.5) is 5.69 Å². The lowest BCUT2D eigenvalue weighted by atomic mass is 9.99. The molecule has 0 saturated carbocycles. The largest absolute Gasteiger partial charge is 0.484 e. The van der Waals surface area contributed by atoms with Gasteiger partial charge in [0, 0.05) is 10.2 Å². The first-order valence-electron chi connectivity index (χ1n) is 8.20. The van der Waals surface area contributed by atoms with Gasteiger partial charge in [-0.15, -0.1) is 0 Å². The molecule has 1 amide bonds. The lowest BCUT2D eigenvalue weighted by Gasteiger charge is -2.13. The Hall–Kier alpha value is -1.81. The Kier molecular flexibility index (Phi) is 6.44. The Morgan fingerprint density at radius 3 is 2.29 bits per heavy atom. The van der Waals surface area contributed by atoms with Gasteiger partial charge in [-0.05, 0) is 67.1 Å². The third-order valence-electron chi connectivity index (χ3n) is 4.19. The third kappa shape index (κ3) is 4.84. The molecule has 0 heterocycles. The van der Waals surface area contributed by atoms with Crippen LogP contribution in [0.15, 0.2) is 40.9 Å². The molecule has 128 valence electrons. The van der Waals surface area contributed by atoms with Crippen LogP contribution in [0.25, 0.3) is 0 Å². The average molecular weight is 390 g/mol. The van der Waals surface area contributed by atoms with E-state index in [0.29, 0.717) is 11.7 Å². The number of benzene rings is 2. The van der Waals surface area contributed by atoms with Crippen LogP contribution in [0.3, 0.4) is 0 Å². The standard InChI is InChI=1S/C20H24BrNO2/c1-5-13(2)16-6-8-18(9-7-16)24-12-19(23)22-20-14(3)10-17(21)11-15(20)4/h6-11,13H,5,12H2,1-4H3,(H,22,23)/t13-/m1/s1. The minimum Gasteiger partial charge on any atom is -0.484 e. The van der Waals surface area contributed by atoms with E-state index >= 15 is 0 Å². The second-order valence-electron chi connectivity index (χ2n) is 6.13. The summed E-state index contributed by atoms with van der Waals surface area (Å²) < 4.78 is 6.60. The number of hydrogen-bond donors (Lipinski definition) is 1. The summed E-state index contributed by atoms with van der Waals surface area (Å²) in [6.45, 7) is 8.32. The lowest BCUT2D eigenvalue weighted by Crippen LogP contribution is -2.21. The van der Waals surface area contributed by atoms with Crippen LogP contribution in [0.2, 0.25) is 0 Å². The fourth-order valence-electron chi connectivity index (χ4n) is 2.56. The highest BCUT2D eigenvalue weighted by Gasteiger charge is 2.10. The second kappa shape index (κ2) is 8.34. The third-order valence-corrected chi connectivity index (χ3v) is 4.65. The van der Waals surface area contributed by atoms with Crippen molar-refractivity contribution in [2.75, 3.05) is 11.9 Å².